The molecule has 3 aromatic rings. The standard InChI is InChI=1S/C15H17N5OS2/c1-10(13-17-18-14(21-13)11-6-5-9-22-11)23-15-19-16-12-7-3-2-4-8-20(12)15/h5-6,9-10H,2-4,7-8H2,1H3. The Labute approximate surface area is 142 Å². The summed E-state index contributed by atoms with van der Waals surface area (Å²) in [4.78, 5) is 0.997. The van der Waals surface area contributed by atoms with Gasteiger partial charge in [-0.1, -0.05) is 24.2 Å². The summed E-state index contributed by atoms with van der Waals surface area (Å²) < 4.78 is 8.06. The lowest BCUT2D eigenvalue weighted by Gasteiger charge is -2.08. The Bertz CT molecular complexity index is 780. The van der Waals surface area contributed by atoms with Crippen molar-refractivity contribution in [2.45, 2.75) is 49.6 Å². The summed E-state index contributed by atoms with van der Waals surface area (Å²) in [7, 11) is 0. The zero-order valence-corrected chi connectivity index (χ0v) is 14.4. The highest BCUT2D eigenvalue weighted by molar-refractivity contribution is 7.99. The van der Waals surface area contributed by atoms with Gasteiger partial charge in [0.05, 0.1) is 10.1 Å². The Hall–Kier alpha value is -1.67. The summed E-state index contributed by atoms with van der Waals surface area (Å²) in [6, 6.07) is 3.96. The monoisotopic (exact) mass is 347 g/mol. The average Bonchev–Trinajstić information content (AvgIpc) is 3.26. The van der Waals surface area contributed by atoms with E-state index < -0.39 is 0 Å². The molecule has 1 aliphatic rings. The largest absolute Gasteiger partial charge is 0.419 e. The van der Waals surface area contributed by atoms with Gasteiger partial charge in [-0.2, -0.15) is 0 Å². The number of aromatic nitrogens is 5. The molecule has 1 unspecified atom stereocenters. The van der Waals surface area contributed by atoms with Crippen LogP contribution in [0, 0.1) is 0 Å². The second-order valence-corrected chi connectivity index (χ2v) is 7.80. The van der Waals surface area contributed by atoms with Crippen LogP contribution in [0.3, 0.4) is 0 Å². The molecule has 1 atom stereocenters. The maximum absolute atomic E-state index is 5.82. The second kappa shape index (κ2) is 6.45. The first-order chi connectivity index (χ1) is 11.3. The van der Waals surface area contributed by atoms with E-state index in [4.69, 9.17) is 4.42 Å². The third-order valence-corrected chi connectivity index (χ3v) is 5.80. The minimum absolute atomic E-state index is 0.0489. The van der Waals surface area contributed by atoms with Crippen LogP contribution in [0.1, 0.15) is 43.2 Å². The fraction of sp³-hybridized carbons (Fsp3) is 0.467. The van der Waals surface area contributed by atoms with Crippen molar-refractivity contribution >= 4 is 23.1 Å². The van der Waals surface area contributed by atoms with E-state index in [0.29, 0.717) is 11.8 Å². The Morgan fingerprint density at radius 1 is 1.22 bits per heavy atom. The number of nitrogens with zero attached hydrogens (tertiary/aromatic N) is 5. The molecule has 0 amide bonds. The Kier molecular flexibility index (Phi) is 4.17. The summed E-state index contributed by atoms with van der Waals surface area (Å²) >= 11 is 3.23. The molecule has 3 aromatic heterocycles. The van der Waals surface area contributed by atoms with Crippen LogP contribution in [0.5, 0.6) is 0 Å². The zero-order chi connectivity index (χ0) is 15.6. The van der Waals surface area contributed by atoms with E-state index in [9.17, 15) is 0 Å². The van der Waals surface area contributed by atoms with Gasteiger partial charge in [-0.05, 0) is 31.2 Å². The maximum Gasteiger partial charge on any atom is 0.257 e. The minimum atomic E-state index is 0.0489. The first kappa shape index (κ1) is 14.9. The van der Waals surface area contributed by atoms with Crippen LogP contribution in [-0.2, 0) is 13.0 Å². The Balaban J connectivity index is 1.52. The lowest BCUT2D eigenvalue weighted by atomic mass is 10.2. The fourth-order valence-corrected chi connectivity index (χ4v) is 4.22. The molecule has 0 radical (unpaired) electrons. The molecule has 0 aromatic carbocycles. The molecule has 0 N–H and O–H groups in total. The minimum Gasteiger partial charge on any atom is -0.419 e. The van der Waals surface area contributed by atoms with Crippen molar-refractivity contribution in [2.24, 2.45) is 0 Å². The fourth-order valence-electron chi connectivity index (χ4n) is 2.65. The van der Waals surface area contributed by atoms with Gasteiger partial charge in [-0.25, -0.2) is 0 Å². The molecule has 23 heavy (non-hydrogen) atoms. The molecule has 4 heterocycles. The van der Waals surface area contributed by atoms with Crippen molar-refractivity contribution in [3.8, 4) is 10.8 Å². The normalized spacial score (nSPS) is 16.0. The SMILES string of the molecule is CC(Sc1nnc2n1CCCCC2)c1nnc(-c2cccs2)o1. The molecular weight excluding hydrogens is 330 g/mol. The molecule has 4 rings (SSSR count). The van der Waals surface area contributed by atoms with Gasteiger partial charge in [-0.15, -0.1) is 31.7 Å². The van der Waals surface area contributed by atoms with E-state index in [1.807, 2.05) is 17.5 Å². The number of thiophene rings is 1. The molecule has 0 aliphatic carbocycles. The molecule has 6 nitrogen and oxygen atoms in total. The van der Waals surface area contributed by atoms with Crippen LogP contribution in [-0.4, -0.2) is 25.0 Å². The summed E-state index contributed by atoms with van der Waals surface area (Å²) in [6.45, 7) is 3.07. The van der Waals surface area contributed by atoms with Crippen LogP contribution < -0.4 is 0 Å². The third kappa shape index (κ3) is 3.05. The summed E-state index contributed by atoms with van der Waals surface area (Å²) in [6.07, 6.45) is 4.67. The molecule has 0 fully saturated rings. The highest BCUT2D eigenvalue weighted by Crippen LogP contribution is 2.35. The van der Waals surface area contributed by atoms with Crippen molar-refractivity contribution in [3.05, 3.63) is 29.2 Å². The van der Waals surface area contributed by atoms with Gasteiger partial charge in [0.2, 0.25) is 5.89 Å². The predicted molar refractivity (Wildman–Crippen MR) is 89.5 cm³/mol. The van der Waals surface area contributed by atoms with E-state index in [0.717, 1.165) is 28.8 Å². The van der Waals surface area contributed by atoms with Crippen LogP contribution in [0.25, 0.3) is 10.8 Å². The van der Waals surface area contributed by atoms with Crippen LogP contribution in [0.4, 0.5) is 0 Å². The molecular formula is C15H17N5OS2. The number of hydrogen-bond donors (Lipinski definition) is 0. The number of hydrogen-bond acceptors (Lipinski definition) is 7. The van der Waals surface area contributed by atoms with Gasteiger partial charge < -0.3 is 8.98 Å². The Morgan fingerprint density at radius 2 is 2.17 bits per heavy atom. The van der Waals surface area contributed by atoms with E-state index in [2.05, 4.69) is 31.9 Å². The molecule has 0 spiro atoms. The molecule has 8 heteroatoms. The van der Waals surface area contributed by atoms with Crippen molar-refractivity contribution < 1.29 is 4.42 Å². The first-order valence-corrected chi connectivity index (χ1v) is 9.53. The predicted octanol–water partition coefficient (Wildman–Crippen LogP) is 3.97. The van der Waals surface area contributed by atoms with Crippen LogP contribution in [0.15, 0.2) is 27.1 Å². The lowest BCUT2D eigenvalue weighted by molar-refractivity contribution is 0.509. The molecule has 0 saturated heterocycles. The van der Waals surface area contributed by atoms with E-state index in [-0.39, 0.29) is 5.25 Å². The van der Waals surface area contributed by atoms with Crippen molar-refractivity contribution in [1.29, 1.82) is 0 Å². The van der Waals surface area contributed by atoms with Gasteiger partial charge in [0, 0.05) is 13.0 Å². The summed E-state index contributed by atoms with van der Waals surface area (Å²) in [5, 5.41) is 20.0. The van der Waals surface area contributed by atoms with Crippen LogP contribution in [0.2, 0.25) is 0 Å². The molecule has 120 valence electrons. The first-order valence-electron chi connectivity index (χ1n) is 7.77. The lowest BCUT2D eigenvalue weighted by Crippen LogP contribution is -2.03. The number of aryl methyl sites for hydroxylation is 1. The van der Waals surface area contributed by atoms with E-state index in [1.54, 1.807) is 23.1 Å². The van der Waals surface area contributed by atoms with Crippen molar-refractivity contribution in [2.75, 3.05) is 0 Å². The van der Waals surface area contributed by atoms with Gasteiger partial charge in [-0.3, -0.25) is 0 Å². The average molecular weight is 347 g/mol. The quantitative estimate of drug-likeness (QED) is 0.665. The second-order valence-electron chi connectivity index (χ2n) is 5.54. The highest BCUT2D eigenvalue weighted by Gasteiger charge is 2.21. The highest BCUT2D eigenvalue weighted by atomic mass is 32.2. The van der Waals surface area contributed by atoms with E-state index in [1.165, 1.54) is 19.3 Å². The zero-order valence-electron chi connectivity index (χ0n) is 12.8. The van der Waals surface area contributed by atoms with Crippen LogP contribution >= 0.6 is 23.1 Å². The topological polar surface area (TPSA) is 69.6 Å². The van der Waals surface area contributed by atoms with Crippen molar-refractivity contribution in [1.82, 2.24) is 25.0 Å². The van der Waals surface area contributed by atoms with Gasteiger partial charge in [0.15, 0.2) is 5.16 Å². The Morgan fingerprint density at radius 3 is 3.04 bits per heavy atom. The molecule has 0 saturated carbocycles. The number of fused-ring (bicyclic) bond motifs is 1. The van der Waals surface area contributed by atoms with E-state index >= 15 is 0 Å². The van der Waals surface area contributed by atoms with Gasteiger partial charge >= 0.3 is 0 Å². The summed E-state index contributed by atoms with van der Waals surface area (Å²) in [5.41, 5.74) is 0. The van der Waals surface area contributed by atoms with Gasteiger partial charge in [0.25, 0.3) is 5.89 Å². The third-order valence-electron chi connectivity index (χ3n) is 3.88. The number of thioether (sulfide) groups is 1. The van der Waals surface area contributed by atoms with Gasteiger partial charge in [0.1, 0.15) is 5.82 Å². The van der Waals surface area contributed by atoms with Crippen molar-refractivity contribution in [3.63, 3.8) is 0 Å². The maximum atomic E-state index is 5.82. The number of rotatable bonds is 4. The summed E-state index contributed by atoms with van der Waals surface area (Å²) in [5.74, 6) is 2.31. The molecule has 0 bridgehead atoms. The smallest absolute Gasteiger partial charge is 0.257 e. The molecule has 1 aliphatic heterocycles.